The first-order valence-corrected chi connectivity index (χ1v) is 9.29. The highest BCUT2D eigenvalue weighted by Crippen LogP contribution is 2.32. The molecule has 0 aliphatic heterocycles. The second kappa shape index (κ2) is 7.61. The van der Waals surface area contributed by atoms with Crippen LogP contribution >= 0.6 is 57.1 Å². The van der Waals surface area contributed by atoms with Crippen LogP contribution in [0.5, 0.6) is 0 Å². The van der Waals surface area contributed by atoms with Gasteiger partial charge in [0.2, 0.25) is 5.13 Å². The normalized spacial score (nSPS) is 11.1. The molecule has 0 atom stereocenters. The number of hydrazone groups is 1. The molecular formula is C16H10Cl2IN3S. The highest BCUT2D eigenvalue weighted by molar-refractivity contribution is 14.1. The molecule has 23 heavy (non-hydrogen) atoms. The summed E-state index contributed by atoms with van der Waals surface area (Å²) in [4.78, 5) is 4.49. The first-order valence-electron chi connectivity index (χ1n) is 6.58. The molecule has 0 bridgehead atoms. The number of hydrogen-bond donors (Lipinski definition) is 1. The Kier molecular flexibility index (Phi) is 5.53. The quantitative estimate of drug-likeness (QED) is 0.279. The SMILES string of the molecule is Clc1ccc(-c2csc(NN=Cc3ccccc3I)n2)c(Cl)c1. The van der Waals surface area contributed by atoms with Crippen LogP contribution in [0.2, 0.25) is 10.0 Å². The maximum absolute atomic E-state index is 6.20. The van der Waals surface area contributed by atoms with Crippen LogP contribution in [-0.2, 0) is 0 Å². The number of nitrogens with one attached hydrogen (secondary N) is 1. The summed E-state index contributed by atoms with van der Waals surface area (Å²) >= 11 is 15.9. The third-order valence-corrected chi connectivity index (χ3v) is 5.26. The Hall–Kier alpha value is -1.15. The van der Waals surface area contributed by atoms with Crippen molar-refractivity contribution in [3.05, 3.63) is 67.0 Å². The summed E-state index contributed by atoms with van der Waals surface area (Å²) in [6.07, 6.45) is 1.78. The van der Waals surface area contributed by atoms with Gasteiger partial charge >= 0.3 is 0 Å². The summed E-state index contributed by atoms with van der Waals surface area (Å²) in [5, 5.41) is 8.05. The fraction of sp³-hybridized carbons (Fsp3) is 0. The van der Waals surface area contributed by atoms with E-state index in [1.54, 1.807) is 18.3 Å². The summed E-state index contributed by atoms with van der Waals surface area (Å²) in [7, 11) is 0. The molecule has 0 aliphatic rings. The molecular weight excluding hydrogens is 464 g/mol. The van der Waals surface area contributed by atoms with Crippen molar-refractivity contribution in [2.75, 3.05) is 5.43 Å². The van der Waals surface area contributed by atoms with E-state index in [9.17, 15) is 0 Å². The summed E-state index contributed by atoms with van der Waals surface area (Å²) < 4.78 is 1.14. The zero-order valence-corrected chi connectivity index (χ0v) is 16.1. The summed E-state index contributed by atoms with van der Waals surface area (Å²) in [5.41, 5.74) is 5.64. The Morgan fingerprint density at radius 1 is 1.17 bits per heavy atom. The number of aromatic nitrogens is 1. The second-order valence-corrected chi connectivity index (χ2v) is 7.42. The third kappa shape index (κ3) is 4.23. The Bertz CT molecular complexity index is 864. The van der Waals surface area contributed by atoms with Gasteiger partial charge in [-0.25, -0.2) is 4.98 Å². The number of rotatable bonds is 4. The number of thiazole rings is 1. The zero-order valence-electron chi connectivity index (χ0n) is 11.6. The first kappa shape index (κ1) is 16.7. The lowest BCUT2D eigenvalue weighted by Gasteiger charge is -2.00. The third-order valence-electron chi connectivity index (χ3n) is 2.98. The predicted molar refractivity (Wildman–Crippen MR) is 108 cm³/mol. The van der Waals surface area contributed by atoms with Crippen LogP contribution in [0.1, 0.15) is 5.56 Å². The van der Waals surface area contributed by atoms with E-state index in [0.717, 1.165) is 20.4 Å². The molecule has 3 rings (SSSR count). The van der Waals surface area contributed by atoms with Gasteiger partial charge < -0.3 is 0 Å². The van der Waals surface area contributed by atoms with Gasteiger partial charge in [0, 0.05) is 25.1 Å². The molecule has 0 aliphatic carbocycles. The van der Waals surface area contributed by atoms with Crippen LogP contribution in [0.15, 0.2) is 52.9 Å². The van der Waals surface area contributed by atoms with Gasteiger partial charge in [-0.2, -0.15) is 5.10 Å². The van der Waals surface area contributed by atoms with Crippen molar-refractivity contribution in [3.8, 4) is 11.3 Å². The monoisotopic (exact) mass is 473 g/mol. The van der Waals surface area contributed by atoms with Crippen LogP contribution in [0.3, 0.4) is 0 Å². The van der Waals surface area contributed by atoms with Crippen LogP contribution < -0.4 is 5.43 Å². The molecule has 1 heterocycles. The summed E-state index contributed by atoms with van der Waals surface area (Å²) in [6.45, 7) is 0. The molecule has 1 N–H and O–H groups in total. The molecule has 0 spiro atoms. The number of hydrogen-bond acceptors (Lipinski definition) is 4. The zero-order chi connectivity index (χ0) is 16.2. The van der Waals surface area contributed by atoms with E-state index in [1.807, 2.05) is 35.7 Å². The van der Waals surface area contributed by atoms with Crippen molar-refractivity contribution in [2.45, 2.75) is 0 Å². The fourth-order valence-corrected chi connectivity index (χ4v) is 3.57. The van der Waals surface area contributed by atoms with Gasteiger partial charge in [-0.1, -0.05) is 41.4 Å². The topological polar surface area (TPSA) is 37.3 Å². The molecule has 7 heteroatoms. The molecule has 0 saturated heterocycles. The van der Waals surface area contributed by atoms with Crippen molar-refractivity contribution < 1.29 is 0 Å². The highest BCUT2D eigenvalue weighted by Gasteiger charge is 2.08. The second-order valence-electron chi connectivity index (χ2n) is 4.55. The largest absolute Gasteiger partial charge is 0.253 e. The van der Waals surface area contributed by atoms with Crippen LogP contribution in [-0.4, -0.2) is 11.2 Å². The molecule has 0 fully saturated rings. The molecule has 2 aromatic carbocycles. The number of nitrogens with zero attached hydrogens (tertiary/aromatic N) is 2. The maximum atomic E-state index is 6.20. The number of benzene rings is 2. The minimum atomic E-state index is 0.580. The minimum Gasteiger partial charge on any atom is -0.253 e. The van der Waals surface area contributed by atoms with Gasteiger partial charge in [-0.05, 0) is 46.9 Å². The van der Waals surface area contributed by atoms with Crippen molar-refractivity contribution in [1.82, 2.24) is 4.98 Å². The molecule has 3 nitrogen and oxygen atoms in total. The first-order chi connectivity index (χ1) is 11.1. The van der Waals surface area contributed by atoms with Gasteiger partial charge in [0.25, 0.3) is 0 Å². The lowest BCUT2D eigenvalue weighted by molar-refractivity contribution is 1.29. The molecule has 0 radical (unpaired) electrons. The van der Waals surface area contributed by atoms with Crippen molar-refractivity contribution in [2.24, 2.45) is 5.10 Å². The van der Waals surface area contributed by atoms with Gasteiger partial charge in [0.15, 0.2) is 0 Å². The van der Waals surface area contributed by atoms with Gasteiger partial charge in [-0.15, -0.1) is 11.3 Å². The van der Waals surface area contributed by atoms with Crippen molar-refractivity contribution in [1.29, 1.82) is 0 Å². The average molecular weight is 474 g/mol. The molecule has 116 valence electrons. The molecule has 0 amide bonds. The van der Waals surface area contributed by atoms with Gasteiger partial charge in [0.1, 0.15) is 0 Å². The lowest BCUT2D eigenvalue weighted by Crippen LogP contribution is -1.92. The minimum absolute atomic E-state index is 0.580. The smallest absolute Gasteiger partial charge is 0.203 e. The van der Waals surface area contributed by atoms with Gasteiger partial charge in [0.05, 0.1) is 16.9 Å². The average Bonchev–Trinajstić information content (AvgIpc) is 2.98. The lowest BCUT2D eigenvalue weighted by atomic mass is 10.2. The Balaban J connectivity index is 1.74. The Labute approximate surface area is 161 Å². The van der Waals surface area contributed by atoms with Crippen LogP contribution in [0, 0.1) is 3.57 Å². The van der Waals surface area contributed by atoms with Crippen LogP contribution in [0.25, 0.3) is 11.3 Å². The van der Waals surface area contributed by atoms with E-state index in [0.29, 0.717) is 15.2 Å². The standard InChI is InChI=1S/C16H10Cl2IN3S/c17-11-5-6-12(13(18)7-11)15-9-23-16(21-15)22-20-8-10-3-1-2-4-14(10)19/h1-9H,(H,21,22). The van der Waals surface area contributed by atoms with Crippen LogP contribution in [0.4, 0.5) is 5.13 Å². The molecule has 1 aromatic heterocycles. The Morgan fingerprint density at radius 3 is 2.78 bits per heavy atom. The summed E-state index contributed by atoms with van der Waals surface area (Å²) in [6, 6.07) is 13.4. The molecule has 3 aromatic rings. The molecule has 0 unspecified atom stereocenters. The van der Waals surface area contributed by atoms with E-state index in [4.69, 9.17) is 23.2 Å². The predicted octanol–water partition coefficient (Wildman–Crippen LogP) is 6.17. The van der Waals surface area contributed by atoms with Crippen molar-refractivity contribution >= 4 is 68.5 Å². The Morgan fingerprint density at radius 2 is 2.00 bits per heavy atom. The van der Waals surface area contributed by atoms with E-state index < -0.39 is 0 Å². The highest BCUT2D eigenvalue weighted by atomic mass is 127. The summed E-state index contributed by atoms with van der Waals surface area (Å²) in [5.74, 6) is 0. The van der Waals surface area contributed by atoms with E-state index in [-0.39, 0.29) is 0 Å². The van der Waals surface area contributed by atoms with E-state index >= 15 is 0 Å². The molecule has 0 saturated carbocycles. The van der Waals surface area contributed by atoms with E-state index in [2.05, 4.69) is 38.1 Å². The van der Waals surface area contributed by atoms with Gasteiger partial charge in [-0.3, -0.25) is 5.43 Å². The fourth-order valence-electron chi connectivity index (χ4n) is 1.88. The van der Waals surface area contributed by atoms with E-state index in [1.165, 1.54) is 11.3 Å². The number of anilines is 1. The number of halogens is 3. The maximum Gasteiger partial charge on any atom is 0.203 e. The van der Waals surface area contributed by atoms with Crippen molar-refractivity contribution in [3.63, 3.8) is 0 Å².